The van der Waals surface area contributed by atoms with Crippen molar-refractivity contribution in [1.29, 1.82) is 0 Å². The van der Waals surface area contributed by atoms with Crippen LogP contribution in [-0.4, -0.2) is 50.5 Å². The number of likely N-dealkylation sites (tertiary alicyclic amines) is 1. The quantitative estimate of drug-likeness (QED) is 0.367. The first-order chi connectivity index (χ1) is 16.6. The third-order valence-electron chi connectivity index (χ3n) is 5.87. The van der Waals surface area contributed by atoms with Crippen molar-refractivity contribution in [2.24, 2.45) is 5.92 Å². The second-order valence-electron chi connectivity index (χ2n) is 8.27. The second-order valence-corrected chi connectivity index (χ2v) is 8.71. The highest BCUT2D eigenvalue weighted by molar-refractivity contribution is 6.31. The maximum absolute atomic E-state index is 14.5. The van der Waals surface area contributed by atoms with E-state index in [2.05, 4.69) is 30.6 Å². The standard InChI is InChI=1S/C24H23ClFN7O/c25-16-9-18-19(12-29-21(18)28-11-16)22-30-13-20(26)23(32-22)27-10-15-5-4-8-33(14-15)24(34)31-17-6-2-1-3-7-17/h1-3,6-7,9,11-13,15H,4-5,8,10,14H2,(H,28,29)(H,31,34)(H,27,30,32). The molecule has 4 aromatic rings. The van der Waals surface area contributed by atoms with Gasteiger partial charge < -0.3 is 20.5 Å². The summed E-state index contributed by atoms with van der Waals surface area (Å²) in [6.07, 6.45) is 6.26. The summed E-state index contributed by atoms with van der Waals surface area (Å²) in [5.74, 6) is 0.130. The smallest absolute Gasteiger partial charge is 0.321 e. The fourth-order valence-corrected chi connectivity index (χ4v) is 4.32. The topological polar surface area (TPSA) is 98.8 Å². The van der Waals surface area contributed by atoms with Crippen molar-refractivity contribution in [3.05, 3.63) is 65.8 Å². The summed E-state index contributed by atoms with van der Waals surface area (Å²) in [6.45, 7) is 1.76. The van der Waals surface area contributed by atoms with Gasteiger partial charge in [0.1, 0.15) is 5.65 Å². The molecule has 1 aromatic carbocycles. The number of piperidine rings is 1. The summed E-state index contributed by atoms with van der Waals surface area (Å²) in [5, 5.41) is 7.30. The minimum Gasteiger partial charge on any atom is -0.367 e. The fraction of sp³-hybridized carbons (Fsp3) is 0.250. The second kappa shape index (κ2) is 9.64. The summed E-state index contributed by atoms with van der Waals surface area (Å²) in [4.78, 5) is 30.3. The number of carbonyl (C=O) groups is 1. The maximum atomic E-state index is 14.5. The highest BCUT2D eigenvalue weighted by atomic mass is 35.5. The van der Waals surface area contributed by atoms with Crippen molar-refractivity contribution in [1.82, 2.24) is 24.8 Å². The molecule has 34 heavy (non-hydrogen) atoms. The van der Waals surface area contributed by atoms with E-state index in [1.807, 2.05) is 30.3 Å². The Kier molecular flexibility index (Phi) is 6.27. The first kappa shape index (κ1) is 22.1. The van der Waals surface area contributed by atoms with Gasteiger partial charge in [-0.05, 0) is 37.0 Å². The number of amides is 2. The van der Waals surface area contributed by atoms with Gasteiger partial charge in [0, 0.05) is 48.7 Å². The molecule has 0 bridgehead atoms. The Morgan fingerprint density at radius 2 is 2.09 bits per heavy atom. The molecule has 3 aromatic heterocycles. The van der Waals surface area contributed by atoms with Crippen LogP contribution in [0.25, 0.3) is 22.4 Å². The van der Waals surface area contributed by atoms with Crippen molar-refractivity contribution < 1.29 is 9.18 Å². The van der Waals surface area contributed by atoms with Gasteiger partial charge in [0.25, 0.3) is 0 Å². The molecule has 0 radical (unpaired) electrons. The van der Waals surface area contributed by atoms with E-state index in [1.165, 1.54) is 0 Å². The van der Waals surface area contributed by atoms with Crippen LogP contribution in [0.3, 0.4) is 0 Å². The molecule has 1 unspecified atom stereocenters. The molecule has 1 saturated heterocycles. The molecule has 4 heterocycles. The molecule has 1 fully saturated rings. The van der Waals surface area contributed by atoms with Gasteiger partial charge in [-0.1, -0.05) is 29.8 Å². The predicted molar refractivity (Wildman–Crippen MR) is 130 cm³/mol. The Balaban J connectivity index is 1.26. The number of para-hydroxylation sites is 1. The van der Waals surface area contributed by atoms with Gasteiger partial charge in [-0.25, -0.2) is 24.1 Å². The Labute approximate surface area is 200 Å². The predicted octanol–water partition coefficient (Wildman–Crippen LogP) is 5.17. The van der Waals surface area contributed by atoms with E-state index in [-0.39, 0.29) is 17.8 Å². The lowest BCUT2D eigenvalue weighted by molar-refractivity contribution is 0.180. The average Bonchev–Trinajstić information content (AvgIpc) is 3.27. The van der Waals surface area contributed by atoms with Crippen LogP contribution < -0.4 is 10.6 Å². The van der Waals surface area contributed by atoms with Crippen LogP contribution in [0.4, 0.5) is 20.7 Å². The van der Waals surface area contributed by atoms with E-state index in [9.17, 15) is 9.18 Å². The van der Waals surface area contributed by atoms with Crippen molar-refractivity contribution >= 4 is 40.2 Å². The summed E-state index contributed by atoms with van der Waals surface area (Å²) in [5.41, 5.74) is 2.10. The third kappa shape index (κ3) is 4.79. The number of hydrogen-bond donors (Lipinski definition) is 3. The number of anilines is 2. The van der Waals surface area contributed by atoms with Gasteiger partial charge in [0.2, 0.25) is 0 Å². The largest absolute Gasteiger partial charge is 0.367 e. The van der Waals surface area contributed by atoms with Crippen LogP contribution in [-0.2, 0) is 0 Å². The number of hydrogen-bond acceptors (Lipinski definition) is 5. The van der Waals surface area contributed by atoms with E-state index in [4.69, 9.17) is 11.6 Å². The number of carbonyl (C=O) groups excluding carboxylic acids is 1. The molecule has 0 aliphatic carbocycles. The Morgan fingerprint density at radius 1 is 1.24 bits per heavy atom. The van der Waals surface area contributed by atoms with Gasteiger partial charge in [-0.15, -0.1) is 0 Å². The molecule has 2 amide bonds. The number of rotatable bonds is 5. The fourth-order valence-electron chi connectivity index (χ4n) is 4.16. The first-order valence-corrected chi connectivity index (χ1v) is 11.4. The summed E-state index contributed by atoms with van der Waals surface area (Å²) >= 11 is 6.08. The lowest BCUT2D eigenvalue weighted by Gasteiger charge is -2.33. The minimum atomic E-state index is -0.533. The molecule has 3 N–H and O–H groups in total. The van der Waals surface area contributed by atoms with Crippen LogP contribution in [0.5, 0.6) is 0 Å². The van der Waals surface area contributed by atoms with Gasteiger partial charge in [0.15, 0.2) is 17.5 Å². The van der Waals surface area contributed by atoms with E-state index >= 15 is 0 Å². The highest BCUT2D eigenvalue weighted by Crippen LogP contribution is 2.28. The Hall–Kier alpha value is -3.72. The van der Waals surface area contributed by atoms with Crippen molar-refractivity contribution in [2.45, 2.75) is 12.8 Å². The van der Waals surface area contributed by atoms with Crippen LogP contribution in [0.2, 0.25) is 5.02 Å². The summed E-state index contributed by atoms with van der Waals surface area (Å²) < 4.78 is 14.5. The summed E-state index contributed by atoms with van der Waals surface area (Å²) in [6, 6.07) is 11.0. The number of halogens is 2. The molecule has 5 rings (SSSR count). The van der Waals surface area contributed by atoms with E-state index in [0.29, 0.717) is 41.7 Å². The molecule has 10 heteroatoms. The van der Waals surface area contributed by atoms with Gasteiger partial charge >= 0.3 is 6.03 Å². The SMILES string of the molecule is O=C(Nc1ccccc1)N1CCCC(CNc2nc(-c3c[nH]c4ncc(Cl)cc34)ncc2F)C1. The van der Waals surface area contributed by atoms with Crippen LogP contribution in [0.1, 0.15) is 12.8 Å². The first-order valence-electron chi connectivity index (χ1n) is 11.1. The molecule has 174 valence electrons. The lowest BCUT2D eigenvalue weighted by Crippen LogP contribution is -2.44. The van der Waals surface area contributed by atoms with Crippen LogP contribution >= 0.6 is 11.6 Å². The van der Waals surface area contributed by atoms with Crippen LogP contribution in [0.15, 0.2) is 55.0 Å². The van der Waals surface area contributed by atoms with Gasteiger partial charge in [-0.3, -0.25) is 0 Å². The average molecular weight is 480 g/mol. The molecule has 8 nitrogen and oxygen atoms in total. The van der Waals surface area contributed by atoms with E-state index in [1.54, 1.807) is 23.4 Å². The van der Waals surface area contributed by atoms with Crippen LogP contribution in [0, 0.1) is 11.7 Å². The number of nitrogens with one attached hydrogen (secondary N) is 3. The van der Waals surface area contributed by atoms with Crippen molar-refractivity contribution in [3.63, 3.8) is 0 Å². The maximum Gasteiger partial charge on any atom is 0.321 e. The lowest BCUT2D eigenvalue weighted by atomic mass is 9.98. The van der Waals surface area contributed by atoms with Crippen molar-refractivity contribution in [2.75, 3.05) is 30.3 Å². The number of aromatic amines is 1. The molecule has 1 aliphatic heterocycles. The molecular formula is C24H23ClFN7O. The minimum absolute atomic E-state index is 0.125. The normalized spacial score (nSPS) is 15.9. The van der Waals surface area contributed by atoms with E-state index < -0.39 is 5.82 Å². The zero-order valence-electron chi connectivity index (χ0n) is 18.3. The third-order valence-corrected chi connectivity index (χ3v) is 6.08. The molecule has 1 aliphatic rings. The molecular weight excluding hydrogens is 457 g/mol. The molecule has 0 spiro atoms. The number of nitrogens with zero attached hydrogens (tertiary/aromatic N) is 4. The number of aromatic nitrogens is 4. The Bertz CT molecular complexity index is 1310. The van der Waals surface area contributed by atoms with Gasteiger partial charge in [0.05, 0.1) is 11.2 Å². The number of urea groups is 1. The monoisotopic (exact) mass is 479 g/mol. The zero-order chi connectivity index (χ0) is 23.5. The number of pyridine rings is 1. The van der Waals surface area contributed by atoms with E-state index in [0.717, 1.165) is 30.1 Å². The number of benzene rings is 1. The van der Waals surface area contributed by atoms with Gasteiger partial charge in [-0.2, -0.15) is 0 Å². The molecule has 0 saturated carbocycles. The number of H-pyrrole nitrogens is 1. The Morgan fingerprint density at radius 3 is 2.94 bits per heavy atom. The number of fused-ring (bicyclic) bond motifs is 1. The van der Waals surface area contributed by atoms with Crippen molar-refractivity contribution in [3.8, 4) is 11.4 Å². The zero-order valence-corrected chi connectivity index (χ0v) is 19.0. The highest BCUT2D eigenvalue weighted by Gasteiger charge is 2.24. The molecule has 1 atom stereocenters. The summed E-state index contributed by atoms with van der Waals surface area (Å²) in [7, 11) is 0.